The second kappa shape index (κ2) is 11.0. The number of aryl methyl sites for hydroxylation is 1. The first-order chi connectivity index (χ1) is 14.9. The van der Waals surface area contributed by atoms with Crippen molar-refractivity contribution < 1.29 is 14.6 Å². The molecule has 3 rings (SSSR count). The maximum atomic E-state index is 12.8. The topological polar surface area (TPSA) is 49.8 Å². The number of hydrogen-bond acceptors (Lipinski definition) is 4. The molecule has 1 aromatic rings. The number of allylic oxidation sites excluding steroid dienone is 3. The third-order valence-electron chi connectivity index (χ3n) is 6.74. The highest BCUT2D eigenvalue weighted by molar-refractivity contribution is 5.75. The molecular weight excluding hydrogens is 386 g/mol. The molecule has 0 bridgehead atoms. The number of rotatable bonds is 9. The Morgan fingerprint density at radius 3 is 2.68 bits per heavy atom. The van der Waals surface area contributed by atoms with Crippen LogP contribution in [0.3, 0.4) is 0 Å². The van der Waals surface area contributed by atoms with Gasteiger partial charge in [0, 0.05) is 11.5 Å². The number of likely N-dealkylation sites (tertiary alicyclic amines) is 1. The molecule has 4 heteroatoms. The number of phenols is 1. The van der Waals surface area contributed by atoms with Crippen LogP contribution in [-0.2, 0) is 11.2 Å². The van der Waals surface area contributed by atoms with E-state index in [1.54, 1.807) is 0 Å². The SMILES string of the molecule is C=C(C)[C@@H]1CCC(C)=C[C@H]1c1c(O)cc(CCCCC)cc1OC(=O)CN1CCCC1. The third-order valence-corrected chi connectivity index (χ3v) is 6.74. The quantitative estimate of drug-likeness (QED) is 0.223. The molecule has 4 nitrogen and oxygen atoms in total. The fraction of sp³-hybridized carbons (Fsp3) is 0.593. The molecule has 2 atom stereocenters. The monoisotopic (exact) mass is 425 g/mol. The molecule has 1 heterocycles. The first-order valence-corrected chi connectivity index (χ1v) is 12.0. The lowest BCUT2D eigenvalue weighted by Crippen LogP contribution is -2.30. The van der Waals surface area contributed by atoms with Gasteiger partial charge in [-0.1, -0.05) is 43.6 Å². The summed E-state index contributed by atoms with van der Waals surface area (Å²) >= 11 is 0. The van der Waals surface area contributed by atoms with Crippen LogP contribution >= 0.6 is 0 Å². The normalized spacial score (nSPS) is 21.7. The molecule has 1 saturated heterocycles. The van der Waals surface area contributed by atoms with Crippen LogP contribution in [0.1, 0.15) is 82.8 Å². The summed E-state index contributed by atoms with van der Waals surface area (Å²) in [6, 6.07) is 3.86. The number of unbranched alkanes of at least 4 members (excludes halogenated alkanes) is 2. The van der Waals surface area contributed by atoms with Crippen molar-refractivity contribution in [3.8, 4) is 11.5 Å². The minimum atomic E-state index is -0.239. The number of carbonyl (C=O) groups excluding carboxylic acids is 1. The van der Waals surface area contributed by atoms with Gasteiger partial charge in [0.05, 0.1) is 6.54 Å². The van der Waals surface area contributed by atoms with Crippen LogP contribution in [-0.4, -0.2) is 35.6 Å². The van der Waals surface area contributed by atoms with Gasteiger partial charge in [-0.25, -0.2) is 0 Å². The molecule has 170 valence electrons. The number of aromatic hydroxyl groups is 1. The largest absolute Gasteiger partial charge is 0.507 e. The molecule has 0 aromatic heterocycles. The van der Waals surface area contributed by atoms with Gasteiger partial charge in [-0.2, -0.15) is 0 Å². The first kappa shape index (κ1) is 23.6. The van der Waals surface area contributed by atoms with Gasteiger partial charge in [-0.05, 0) is 89.1 Å². The van der Waals surface area contributed by atoms with Crippen LogP contribution in [0.15, 0.2) is 35.9 Å². The molecule has 1 aliphatic carbocycles. The van der Waals surface area contributed by atoms with Crippen LogP contribution in [0.2, 0.25) is 0 Å². The van der Waals surface area contributed by atoms with Crippen molar-refractivity contribution in [1.29, 1.82) is 0 Å². The summed E-state index contributed by atoms with van der Waals surface area (Å²) in [5.74, 6) is 0.733. The van der Waals surface area contributed by atoms with E-state index in [1.165, 1.54) is 5.57 Å². The Bertz CT molecular complexity index is 820. The Morgan fingerprint density at radius 2 is 2.00 bits per heavy atom. The predicted molar refractivity (Wildman–Crippen MR) is 127 cm³/mol. The number of benzene rings is 1. The van der Waals surface area contributed by atoms with E-state index in [0.717, 1.165) is 81.2 Å². The van der Waals surface area contributed by atoms with Gasteiger partial charge in [0.2, 0.25) is 0 Å². The van der Waals surface area contributed by atoms with Crippen LogP contribution in [0.5, 0.6) is 11.5 Å². The smallest absolute Gasteiger partial charge is 0.325 e. The van der Waals surface area contributed by atoms with Crippen molar-refractivity contribution in [2.24, 2.45) is 5.92 Å². The van der Waals surface area contributed by atoms with Gasteiger partial charge >= 0.3 is 5.97 Å². The number of carbonyl (C=O) groups is 1. The molecule has 1 aliphatic heterocycles. The van der Waals surface area contributed by atoms with Gasteiger partial charge in [-0.3, -0.25) is 9.69 Å². The van der Waals surface area contributed by atoms with Crippen LogP contribution in [0.25, 0.3) is 0 Å². The minimum Gasteiger partial charge on any atom is -0.507 e. The van der Waals surface area contributed by atoms with Crippen molar-refractivity contribution in [3.05, 3.63) is 47.1 Å². The van der Waals surface area contributed by atoms with Crippen LogP contribution in [0, 0.1) is 5.92 Å². The molecule has 2 aliphatic rings. The number of phenolic OH excluding ortho intramolecular Hbond substituents is 1. The standard InChI is InChI=1S/C27H39NO3/c1-5-6-7-10-21-16-24(29)27(23-15-20(4)11-12-22(23)19(2)3)25(17-21)31-26(30)18-28-13-8-9-14-28/h15-17,22-23,29H,2,5-14,18H2,1,3-4H3/t22-,23+/m0/s1. The first-order valence-electron chi connectivity index (χ1n) is 12.0. The number of ether oxygens (including phenoxy) is 1. The Hall–Kier alpha value is -2.07. The molecule has 0 unspecified atom stereocenters. The summed E-state index contributed by atoms with van der Waals surface area (Å²) in [6.07, 6.45) is 10.8. The average Bonchev–Trinajstić information content (AvgIpc) is 3.20. The summed E-state index contributed by atoms with van der Waals surface area (Å²) in [5.41, 5.74) is 4.18. The average molecular weight is 426 g/mol. The molecular formula is C27H39NO3. The van der Waals surface area contributed by atoms with E-state index >= 15 is 0 Å². The van der Waals surface area contributed by atoms with E-state index in [4.69, 9.17) is 4.74 Å². The Labute approximate surface area is 188 Å². The van der Waals surface area contributed by atoms with Crippen molar-refractivity contribution >= 4 is 5.97 Å². The van der Waals surface area contributed by atoms with E-state index in [2.05, 4.69) is 38.3 Å². The summed E-state index contributed by atoms with van der Waals surface area (Å²) in [5, 5.41) is 11.1. The zero-order valence-electron chi connectivity index (χ0n) is 19.6. The highest BCUT2D eigenvalue weighted by Crippen LogP contribution is 2.47. The highest BCUT2D eigenvalue weighted by Gasteiger charge is 2.31. The van der Waals surface area contributed by atoms with Crippen molar-refractivity contribution in [1.82, 2.24) is 4.90 Å². The minimum absolute atomic E-state index is 0.0227. The second-order valence-corrected chi connectivity index (χ2v) is 9.47. The lowest BCUT2D eigenvalue weighted by Gasteiger charge is -2.32. The van der Waals surface area contributed by atoms with Crippen LogP contribution < -0.4 is 4.74 Å². The number of nitrogens with zero attached hydrogens (tertiary/aromatic N) is 1. The van der Waals surface area contributed by atoms with Crippen molar-refractivity contribution in [2.75, 3.05) is 19.6 Å². The molecule has 0 spiro atoms. The van der Waals surface area contributed by atoms with Gasteiger partial charge in [0.1, 0.15) is 11.5 Å². The summed E-state index contributed by atoms with van der Waals surface area (Å²) in [6.45, 7) is 12.8. The van der Waals surface area contributed by atoms with Crippen molar-refractivity contribution in [2.45, 2.75) is 78.1 Å². The summed E-state index contributed by atoms with van der Waals surface area (Å²) in [7, 11) is 0. The maximum Gasteiger partial charge on any atom is 0.325 e. The molecule has 0 radical (unpaired) electrons. The molecule has 0 amide bonds. The molecule has 31 heavy (non-hydrogen) atoms. The zero-order valence-corrected chi connectivity index (χ0v) is 19.6. The van der Waals surface area contributed by atoms with E-state index in [9.17, 15) is 9.90 Å². The Balaban J connectivity index is 1.94. The van der Waals surface area contributed by atoms with Crippen LogP contribution in [0.4, 0.5) is 0 Å². The van der Waals surface area contributed by atoms with Gasteiger partial charge < -0.3 is 9.84 Å². The maximum absolute atomic E-state index is 12.8. The molecule has 1 fully saturated rings. The second-order valence-electron chi connectivity index (χ2n) is 9.47. The Morgan fingerprint density at radius 1 is 1.26 bits per heavy atom. The lowest BCUT2D eigenvalue weighted by molar-refractivity contribution is -0.135. The lowest BCUT2D eigenvalue weighted by atomic mass is 9.73. The fourth-order valence-electron chi connectivity index (χ4n) is 4.99. The van der Waals surface area contributed by atoms with Gasteiger partial charge in [-0.15, -0.1) is 0 Å². The van der Waals surface area contributed by atoms with E-state index in [0.29, 0.717) is 12.3 Å². The number of hydrogen-bond donors (Lipinski definition) is 1. The van der Waals surface area contributed by atoms with E-state index < -0.39 is 0 Å². The summed E-state index contributed by atoms with van der Waals surface area (Å²) < 4.78 is 5.95. The summed E-state index contributed by atoms with van der Waals surface area (Å²) in [4.78, 5) is 14.9. The Kier molecular flexibility index (Phi) is 8.36. The third kappa shape index (κ3) is 6.22. The number of esters is 1. The molecule has 1 aromatic carbocycles. The predicted octanol–water partition coefficient (Wildman–Crippen LogP) is 6.14. The highest BCUT2D eigenvalue weighted by atomic mass is 16.5. The molecule has 1 N–H and O–H groups in total. The van der Waals surface area contributed by atoms with E-state index in [1.807, 2.05) is 12.1 Å². The fourth-order valence-corrected chi connectivity index (χ4v) is 4.99. The van der Waals surface area contributed by atoms with E-state index in [-0.39, 0.29) is 23.6 Å². The molecule has 0 saturated carbocycles. The van der Waals surface area contributed by atoms with Gasteiger partial charge in [0.15, 0.2) is 0 Å². The van der Waals surface area contributed by atoms with Crippen molar-refractivity contribution in [3.63, 3.8) is 0 Å². The van der Waals surface area contributed by atoms with Gasteiger partial charge in [0.25, 0.3) is 0 Å². The zero-order chi connectivity index (χ0) is 22.4.